The second kappa shape index (κ2) is 8.70. The van der Waals surface area contributed by atoms with Crippen molar-refractivity contribution in [2.45, 2.75) is 33.3 Å². The molecule has 27 heavy (non-hydrogen) atoms. The molecule has 0 aliphatic heterocycles. The van der Waals surface area contributed by atoms with Crippen molar-refractivity contribution in [3.63, 3.8) is 0 Å². The summed E-state index contributed by atoms with van der Waals surface area (Å²) >= 11 is 0. The molecule has 6 nitrogen and oxygen atoms in total. The second-order valence-corrected chi connectivity index (χ2v) is 6.33. The van der Waals surface area contributed by atoms with Gasteiger partial charge in [0.05, 0.1) is 11.9 Å². The molecule has 0 fully saturated rings. The van der Waals surface area contributed by atoms with Crippen LogP contribution in [-0.2, 0) is 5.60 Å². The summed E-state index contributed by atoms with van der Waals surface area (Å²) in [7, 11) is 0. The highest BCUT2D eigenvalue weighted by molar-refractivity contribution is 5.87. The molecule has 0 spiro atoms. The Morgan fingerprint density at radius 3 is 2.44 bits per heavy atom. The lowest BCUT2D eigenvalue weighted by Crippen LogP contribution is -2.39. The van der Waals surface area contributed by atoms with Gasteiger partial charge in [0.1, 0.15) is 5.60 Å². The van der Waals surface area contributed by atoms with Crippen molar-refractivity contribution in [3.05, 3.63) is 66.4 Å². The maximum atomic E-state index is 11.2. The number of hydrogen-bond donors (Lipinski definition) is 4. The van der Waals surface area contributed by atoms with Crippen molar-refractivity contribution < 1.29 is 9.52 Å². The molecule has 6 heteroatoms. The molecular weight excluding hydrogens is 340 g/mol. The third-order valence-corrected chi connectivity index (χ3v) is 4.51. The van der Waals surface area contributed by atoms with Crippen LogP contribution in [0.25, 0.3) is 22.1 Å². The lowest BCUT2D eigenvalue weighted by atomic mass is 9.80. The van der Waals surface area contributed by atoms with Crippen LogP contribution in [0.5, 0.6) is 0 Å². The molecule has 3 aromatic rings. The highest BCUT2D eigenvalue weighted by Gasteiger charge is 2.36. The average Bonchev–Trinajstić information content (AvgIpc) is 3.23. The number of nitrogens with two attached hydrogens (primary N) is 2. The van der Waals surface area contributed by atoms with Crippen LogP contribution in [-0.4, -0.2) is 10.1 Å². The molecule has 0 saturated heterocycles. The molecular formula is C21H28N4O2. The monoisotopic (exact) mass is 368 g/mol. The normalized spacial score (nSPS) is 13.8. The molecule has 144 valence electrons. The van der Waals surface area contributed by atoms with Gasteiger partial charge in [0.15, 0.2) is 12.2 Å². The first-order valence-electron chi connectivity index (χ1n) is 9.04. The lowest BCUT2D eigenvalue weighted by Gasteiger charge is -2.33. The van der Waals surface area contributed by atoms with Crippen LogP contribution in [0.3, 0.4) is 0 Å². The van der Waals surface area contributed by atoms with E-state index in [1.54, 1.807) is 6.20 Å². The summed E-state index contributed by atoms with van der Waals surface area (Å²) in [5.74, 6) is 5.90. The van der Waals surface area contributed by atoms with Gasteiger partial charge in [0.25, 0.3) is 0 Å². The van der Waals surface area contributed by atoms with Crippen LogP contribution in [0, 0.1) is 5.92 Å². The summed E-state index contributed by atoms with van der Waals surface area (Å²) in [6.07, 6.45) is 4.50. The number of aliphatic hydroxyl groups is 1. The Morgan fingerprint density at radius 1 is 1.19 bits per heavy atom. The van der Waals surface area contributed by atoms with Gasteiger partial charge in [-0.3, -0.25) is 5.84 Å². The van der Waals surface area contributed by atoms with E-state index in [2.05, 4.69) is 10.4 Å². The predicted octanol–water partition coefficient (Wildman–Crippen LogP) is 3.63. The van der Waals surface area contributed by atoms with Gasteiger partial charge in [-0.05, 0) is 34.4 Å². The SMILES string of the molecule is CC.CC(C)C(O)(/C(N)=C/NN)c1ccc2cc(-c3cnco3)ccc2c1. The topological polar surface area (TPSA) is 110 Å². The molecule has 1 unspecified atom stereocenters. The van der Waals surface area contributed by atoms with E-state index in [0.29, 0.717) is 11.3 Å². The molecule has 0 amide bonds. The fourth-order valence-corrected chi connectivity index (χ4v) is 3.03. The molecule has 1 atom stereocenters. The smallest absolute Gasteiger partial charge is 0.181 e. The van der Waals surface area contributed by atoms with E-state index < -0.39 is 5.60 Å². The minimum absolute atomic E-state index is 0.136. The van der Waals surface area contributed by atoms with Crippen LogP contribution in [0.2, 0.25) is 0 Å². The van der Waals surface area contributed by atoms with Crippen molar-refractivity contribution in [2.24, 2.45) is 17.5 Å². The Bertz CT molecular complexity index is 904. The highest BCUT2D eigenvalue weighted by Crippen LogP contribution is 2.36. The summed E-state index contributed by atoms with van der Waals surface area (Å²) in [4.78, 5) is 3.95. The van der Waals surface area contributed by atoms with Crippen LogP contribution in [0.15, 0.2) is 65.3 Å². The van der Waals surface area contributed by atoms with Crippen LogP contribution < -0.4 is 17.0 Å². The first kappa shape index (κ1) is 20.5. The zero-order chi connectivity index (χ0) is 20.0. The number of hydrogen-bond acceptors (Lipinski definition) is 6. The van der Waals surface area contributed by atoms with E-state index in [-0.39, 0.29) is 11.6 Å². The Balaban J connectivity index is 0.00000126. The van der Waals surface area contributed by atoms with E-state index in [4.69, 9.17) is 16.0 Å². The van der Waals surface area contributed by atoms with Crippen molar-refractivity contribution >= 4 is 10.8 Å². The molecule has 3 rings (SSSR count). The standard InChI is InChI=1S/C19H22N4O2.C2H6/c1-12(2)19(24,18(20)10-23-21)16-6-5-13-7-15(4-3-14(13)8-16)17-9-22-11-25-17;1-2/h3-12,23-24H,20-21H2,1-2H3;1-2H3/b18-10-;. The van der Waals surface area contributed by atoms with E-state index in [0.717, 1.165) is 16.3 Å². The number of nitrogens with one attached hydrogen (secondary N) is 1. The Hall–Kier alpha value is -2.83. The van der Waals surface area contributed by atoms with Gasteiger partial charge in [-0.25, -0.2) is 4.98 Å². The summed E-state index contributed by atoms with van der Waals surface area (Å²) in [6.45, 7) is 7.82. The van der Waals surface area contributed by atoms with E-state index in [1.807, 2.05) is 64.1 Å². The van der Waals surface area contributed by atoms with Crippen molar-refractivity contribution in [1.29, 1.82) is 0 Å². The Kier molecular flexibility index (Phi) is 6.60. The molecule has 0 bridgehead atoms. The van der Waals surface area contributed by atoms with E-state index in [1.165, 1.54) is 12.6 Å². The molecule has 0 aliphatic carbocycles. The van der Waals surface area contributed by atoms with Gasteiger partial charge in [-0.2, -0.15) is 0 Å². The number of hydrazine groups is 1. The number of benzene rings is 2. The largest absolute Gasteiger partial charge is 0.444 e. The van der Waals surface area contributed by atoms with E-state index in [9.17, 15) is 5.11 Å². The minimum Gasteiger partial charge on any atom is -0.444 e. The average molecular weight is 368 g/mol. The minimum atomic E-state index is -1.32. The number of fused-ring (bicyclic) bond motifs is 1. The Labute approximate surface area is 159 Å². The molecule has 0 radical (unpaired) electrons. The van der Waals surface area contributed by atoms with Gasteiger partial charge in [0.2, 0.25) is 0 Å². The molecule has 1 aromatic heterocycles. The fourth-order valence-electron chi connectivity index (χ4n) is 3.03. The lowest BCUT2D eigenvalue weighted by molar-refractivity contribution is 0.0256. The summed E-state index contributed by atoms with van der Waals surface area (Å²) in [5.41, 5.74) is 9.09. The Morgan fingerprint density at radius 2 is 1.85 bits per heavy atom. The second-order valence-electron chi connectivity index (χ2n) is 6.33. The van der Waals surface area contributed by atoms with E-state index >= 15 is 0 Å². The fraction of sp³-hybridized carbons (Fsp3) is 0.286. The molecule has 1 heterocycles. The molecule has 6 N–H and O–H groups in total. The number of rotatable bonds is 5. The maximum absolute atomic E-state index is 11.2. The molecule has 0 saturated carbocycles. The van der Waals surface area contributed by atoms with Crippen LogP contribution in [0.1, 0.15) is 33.3 Å². The third kappa shape index (κ3) is 3.97. The third-order valence-electron chi connectivity index (χ3n) is 4.51. The molecule has 2 aromatic carbocycles. The quantitative estimate of drug-likeness (QED) is 0.404. The first-order chi connectivity index (χ1) is 13.0. The van der Waals surface area contributed by atoms with Gasteiger partial charge in [-0.1, -0.05) is 52.0 Å². The summed E-state index contributed by atoms with van der Waals surface area (Å²) < 4.78 is 5.34. The van der Waals surface area contributed by atoms with Crippen molar-refractivity contribution in [1.82, 2.24) is 10.4 Å². The summed E-state index contributed by atoms with van der Waals surface area (Å²) in [5, 5.41) is 13.2. The zero-order valence-corrected chi connectivity index (χ0v) is 16.2. The van der Waals surface area contributed by atoms with Crippen LogP contribution in [0.4, 0.5) is 0 Å². The molecule has 0 aliphatic rings. The van der Waals surface area contributed by atoms with Crippen LogP contribution >= 0.6 is 0 Å². The number of oxazole rings is 1. The summed E-state index contributed by atoms with van der Waals surface area (Å²) in [6, 6.07) is 11.7. The van der Waals surface area contributed by atoms with Gasteiger partial charge < -0.3 is 20.7 Å². The number of aromatic nitrogens is 1. The van der Waals surface area contributed by atoms with Crippen molar-refractivity contribution in [3.8, 4) is 11.3 Å². The first-order valence-corrected chi connectivity index (χ1v) is 9.04. The zero-order valence-electron chi connectivity index (χ0n) is 16.2. The van der Waals surface area contributed by atoms with Gasteiger partial charge >= 0.3 is 0 Å². The van der Waals surface area contributed by atoms with Gasteiger partial charge in [-0.15, -0.1) is 0 Å². The van der Waals surface area contributed by atoms with Gasteiger partial charge in [0, 0.05) is 11.8 Å². The van der Waals surface area contributed by atoms with Crippen molar-refractivity contribution in [2.75, 3.05) is 0 Å². The highest BCUT2D eigenvalue weighted by atomic mass is 16.3. The number of nitrogens with zero attached hydrogens (tertiary/aromatic N) is 1. The maximum Gasteiger partial charge on any atom is 0.181 e. The predicted molar refractivity (Wildman–Crippen MR) is 109 cm³/mol.